The number of pyridine rings is 1. The Labute approximate surface area is 101 Å². The molecule has 1 saturated heterocycles. The standard InChI is InChI=1S/C13H18N4/c1-2-16-8-5-11(6-9-16)17-10-15-12-4-3-7-14-13(12)17/h3-4,7,10-11H,2,5-6,8-9H2,1H3. The number of aromatic nitrogens is 3. The van der Waals surface area contributed by atoms with Crippen LogP contribution >= 0.6 is 0 Å². The lowest BCUT2D eigenvalue weighted by molar-refractivity contribution is 0.196. The van der Waals surface area contributed by atoms with Crippen LogP contribution in [0.1, 0.15) is 25.8 Å². The minimum Gasteiger partial charge on any atom is -0.312 e. The molecule has 4 nitrogen and oxygen atoms in total. The normalized spacial score (nSPS) is 18.9. The SMILES string of the molecule is CCN1CCC(n2cnc3cccnc32)CC1. The Morgan fingerprint density at radius 3 is 2.88 bits per heavy atom. The first-order valence-corrected chi connectivity index (χ1v) is 6.38. The highest BCUT2D eigenvalue weighted by molar-refractivity contribution is 5.70. The molecule has 0 unspecified atom stereocenters. The zero-order valence-corrected chi connectivity index (χ0v) is 10.2. The van der Waals surface area contributed by atoms with Crippen LogP contribution < -0.4 is 0 Å². The van der Waals surface area contributed by atoms with E-state index in [1.165, 1.54) is 25.9 Å². The highest BCUT2D eigenvalue weighted by atomic mass is 15.2. The number of likely N-dealkylation sites (tertiary alicyclic amines) is 1. The maximum atomic E-state index is 4.44. The molecule has 0 N–H and O–H groups in total. The van der Waals surface area contributed by atoms with E-state index in [0.29, 0.717) is 6.04 Å². The van der Waals surface area contributed by atoms with Gasteiger partial charge in [0.1, 0.15) is 5.52 Å². The lowest BCUT2D eigenvalue weighted by atomic mass is 10.1. The van der Waals surface area contributed by atoms with Gasteiger partial charge in [0.2, 0.25) is 0 Å². The Morgan fingerprint density at radius 1 is 1.29 bits per heavy atom. The second-order valence-corrected chi connectivity index (χ2v) is 4.66. The first-order valence-electron chi connectivity index (χ1n) is 6.38. The minimum atomic E-state index is 0.567. The van der Waals surface area contributed by atoms with Crippen LogP contribution in [0, 0.1) is 0 Å². The zero-order chi connectivity index (χ0) is 11.7. The van der Waals surface area contributed by atoms with E-state index in [2.05, 4.69) is 26.4 Å². The predicted molar refractivity (Wildman–Crippen MR) is 67.9 cm³/mol. The van der Waals surface area contributed by atoms with Crippen molar-refractivity contribution in [2.45, 2.75) is 25.8 Å². The second-order valence-electron chi connectivity index (χ2n) is 4.66. The molecular weight excluding hydrogens is 212 g/mol. The Bertz CT molecular complexity index is 497. The third-order valence-electron chi connectivity index (χ3n) is 3.73. The fraction of sp³-hybridized carbons (Fsp3) is 0.538. The third-order valence-corrected chi connectivity index (χ3v) is 3.73. The van der Waals surface area contributed by atoms with Crippen molar-refractivity contribution < 1.29 is 0 Å². The number of piperidine rings is 1. The van der Waals surface area contributed by atoms with Crippen LogP contribution in [0.4, 0.5) is 0 Å². The Kier molecular flexibility index (Phi) is 2.81. The van der Waals surface area contributed by atoms with Crippen LogP contribution in [-0.2, 0) is 0 Å². The molecule has 0 aliphatic carbocycles. The fourth-order valence-electron chi connectivity index (χ4n) is 2.65. The van der Waals surface area contributed by atoms with Gasteiger partial charge < -0.3 is 9.47 Å². The van der Waals surface area contributed by atoms with Gasteiger partial charge >= 0.3 is 0 Å². The summed E-state index contributed by atoms with van der Waals surface area (Å²) in [4.78, 5) is 11.4. The summed E-state index contributed by atoms with van der Waals surface area (Å²) in [5.74, 6) is 0. The van der Waals surface area contributed by atoms with Gasteiger partial charge in [-0.2, -0.15) is 0 Å². The topological polar surface area (TPSA) is 34.0 Å². The molecule has 1 aliphatic heterocycles. The molecule has 0 atom stereocenters. The zero-order valence-electron chi connectivity index (χ0n) is 10.2. The number of hydrogen-bond acceptors (Lipinski definition) is 3. The monoisotopic (exact) mass is 230 g/mol. The van der Waals surface area contributed by atoms with Crippen molar-refractivity contribution in [3.63, 3.8) is 0 Å². The molecule has 0 aromatic carbocycles. The Balaban J connectivity index is 1.85. The molecule has 2 aromatic rings. The summed E-state index contributed by atoms with van der Waals surface area (Å²) < 4.78 is 2.25. The molecule has 3 heterocycles. The molecule has 0 amide bonds. The molecule has 0 bridgehead atoms. The van der Waals surface area contributed by atoms with Crippen molar-refractivity contribution in [1.29, 1.82) is 0 Å². The van der Waals surface area contributed by atoms with E-state index in [-0.39, 0.29) is 0 Å². The smallest absolute Gasteiger partial charge is 0.160 e. The van der Waals surface area contributed by atoms with E-state index in [1.807, 2.05) is 24.7 Å². The van der Waals surface area contributed by atoms with E-state index >= 15 is 0 Å². The summed E-state index contributed by atoms with van der Waals surface area (Å²) in [5, 5.41) is 0. The fourth-order valence-corrected chi connectivity index (χ4v) is 2.65. The van der Waals surface area contributed by atoms with Gasteiger partial charge in [0.05, 0.1) is 6.33 Å². The molecule has 2 aromatic heterocycles. The summed E-state index contributed by atoms with van der Waals surface area (Å²) in [5.41, 5.74) is 2.04. The molecule has 4 heteroatoms. The summed E-state index contributed by atoms with van der Waals surface area (Å²) in [6.45, 7) is 5.77. The maximum absolute atomic E-state index is 4.44. The van der Waals surface area contributed by atoms with Gasteiger partial charge in [-0.15, -0.1) is 0 Å². The number of hydrogen-bond donors (Lipinski definition) is 0. The predicted octanol–water partition coefficient (Wildman–Crippen LogP) is 2.09. The van der Waals surface area contributed by atoms with Crippen LogP contribution in [0.2, 0.25) is 0 Å². The van der Waals surface area contributed by atoms with Crippen LogP contribution in [0.15, 0.2) is 24.7 Å². The second kappa shape index (κ2) is 4.45. The van der Waals surface area contributed by atoms with Gasteiger partial charge in [-0.3, -0.25) is 0 Å². The van der Waals surface area contributed by atoms with Crippen molar-refractivity contribution >= 4 is 11.2 Å². The molecular formula is C13H18N4. The first-order chi connectivity index (χ1) is 8.38. The molecule has 17 heavy (non-hydrogen) atoms. The molecule has 1 aliphatic rings. The van der Waals surface area contributed by atoms with Crippen LogP contribution in [0.25, 0.3) is 11.2 Å². The Morgan fingerprint density at radius 2 is 2.12 bits per heavy atom. The van der Waals surface area contributed by atoms with Crippen molar-refractivity contribution in [2.75, 3.05) is 19.6 Å². The molecule has 1 fully saturated rings. The maximum Gasteiger partial charge on any atom is 0.160 e. The number of nitrogens with zero attached hydrogens (tertiary/aromatic N) is 4. The van der Waals surface area contributed by atoms with Crippen LogP contribution in [-0.4, -0.2) is 39.1 Å². The first kappa shape index (κ1) is 10.7. The van der Waals surface area contributed by atoms with Crippen molar-refractivity contribution in [3.05, 3.63) is 24.7 Å². The van der Waals surface area contributed by atoms with Crippen molar-refractivity contribution in [2.24, 2.45) is 0 Å². The molecule has 0 saturated carbocycles. The lowest BCUT2D eigenvalue weighted by Crippen LogP contribution is -2.34. The van der Waals surface area contributed by atoms with E-state index in [9.17, 15) is 0 Å². The number of imidazole rings is 1. The third kappa shape index (κ3) is 1.93. The van der Waals surface area contributed by atoms with Crippen molar-refractivity contribution in [3.8, 4) is 0 Å². The molecule has 0 radical (unpaired) electrons. The highest BCUT2D eigenvalue weighted by Crippen LogP contribution is 2.25. The summed E-state index contributed by atoms with van der Waals surface area (Å²) in [6, 6.07) is 4.54. The number of rotatable bonds is 2. The van der Waals surface area contributed by atoms with Crippen LogP contribution in [0.5, 0.6) is 0 Å². The van der Waals surface area contributed by atoms with Crippen molar-refractivity contribution in [1.82, 2.24) is 19.4 Å². The van der Waals surface area contributed by atoms with E-state index in [1.54, 1.807) is 0 Å². The largest absolute Gasteiger partial charge is 0.312 e. The average molecular weight is 230 g/mol. The van der Waals surface area contributed by atoms with E-state index in [0.717, 1.165) is 17.7 Å². The molecule has 0 spiro atoms. The average Bonchev–Trinajstić information content (AvgIpc) is 2.83. The van der Waals surface area contributed by atoms with Gasteiger partial charge in [0.15, 0.2) is 5.65 Å². The van der Waals surface area contributed by atoms with Crippen LogP contribution in [0.3, 0.4) is 0 Å². The minimum absolute atomic E-state index is 0.567. The van der Waals surface area contributed by atoms with E-state index < -0.39 is 0 Å². The van der Waals surface area contributed by atoms with Gasteiger partial charge in [0.25, 0.3) is 0 Å². The Hall–Kier alpha value is -1.42. The summed E-state index contributed by atoms with van der Waals surface area (Å²) >= 11 is 0. The van der Waals surface area contributed by atoms with Gasteiger partial charge in [-0.1, -0.05) is 6.92 Å². The highest BCUT2D eigenvalue weighted by Gasteiger charge is 2.20. The lowest BCUT2D eigenvalue weighted by Gasteiger charge is -2.31. The van der Waals surface area contributed by atoms with E-state index in [4.69, 9.17) is 0 Å². The summed E-state index contributed by atoms with van der Waals surface area (Å²) in [7, 11) is 0. The number of fused-ring (bicyclic) bond motifs is 1. The summed E-state index contributed by atoms with van der Waals surface area (Å²) in [6.07, 6.45) is 6.21. The van der Waals surface area contributed by atoms with Gasteiger partial charge in [0, 0.05) is 25.3 Å². The quantitative estimate of drug-likeness (QED) is 0.792. The molecule has 90 valence electrons. The molecule has 3 rings (SSSR count). The van der Waals surface area contributed by atoms with Gasteiger partial charge in [-0.05, 0) is 31.5 Å². The van der Waals surface area contributed by atoms with Gasteiger partial charge in [-0.25, -0.2) is 9.97 Å².